The van der Waals surface area contributed by atoms with Gasteiger partial charge in [-0.05, 0) is 36.4 Å². The minimum absolute atomic E-state index is 0.342. The van der Waals surface area contributed by atoms with Crippen molar-refractivity contribution in [3.8, 4) is 17.1 Å². The van der Waals surface area contributed by atoms with Gasteiger partial charge in [0.05, 0.1) is 0 Å². The van der Waals surface area contributed by atoms with Gasteiger partial charge in [0, 0.05) is 31.0 Å². The third-order valence-electron chi connectivity index (χ3n) is 5.68. The molecule has 6 nitrogen and oxygen atoms in total. The van der Waals surface area contributed by atoms with Crippen LogP contribution in [0.1, 0.15) is 23.9 Å². The zero-order valence-electron chi connectivity index (χ0n) is 17.3. The Morgan fingerprint density at radius 2 is 1.77 bits per heavy atom. The third kappa shape index (κ3) is 3.90. The molecule has 1 saturated heterocycles. The Balaban J connectivity index is 1.78. The Morgan fingerprint density at radius 1 is 1.10 bits per heavy atom. The first kappa shape index (κ1) is 21.3. The van der Waals surface area contributed by atoms with E-state index in [1.54, 1.807) is 25.1 Å². The Hall–Kier alpha value is -2.91. The molecule has 2 heterocycles. The molecule has 4 rings (SSSR count). The molecule has 0 amide bonds. The third-order valence-corrected chi connectivity index (χ3v) is 5.68. The number of hydrogen-bond acceptors (Lipinski definition) is 6. The first-order valence-corrected chi connectivity index (χ1v) is 9.69. The van der Waals surface area contributed by atoms with Crippen molar-refractivity contribution in [1.82, 2.24) is 15.0 Å². The predicted octanol–water partition coefficient (Wildman–Crippen LogP) is 4.13. The number of aryl methyl sites for hydroxylation is 1. The number of benzene rings is 2. The Labute approximate surface area is 177 Å². The molecule has 0 aliphatic carbocycles. The van der Waals surface area contributed by atoms with Crippen molar-refractivity contribution in [1.29, 1.82) is 0 Å². The predicted molar refractivity (Wildman–Crippen MR) is 106 cm³/mol. The molecule has 1 aromatic heterocycles. The number of rotatable bonds is 5. The molecule has 0 bridgehead atoms. The summed E-state index contributed by atoms with van der Waals surface area (Å²) in [4.78, 5) is 6.31. The number of aromatic nitrogens is 2. The minimum atomic E-state index is -4.78. The van der Waals surface area contributed by atoms with E-state index in [1.807, 2.05) is 20.0 Å². The molecule has 1 N–H and O–H groups in total. The highest BCUT2D eigenvalue weighted by atomic mass is 19.4. The monoisotopic (exact) mass is 433 g/mol. The van der Waals surface area contributed by atoms with Gasteiger partial charge in [0.15, 0.2) is 0 Å². The average molecular weight is 433 g/mol. The molecule has 1 fully saturated rings. The van der Waals surface area contributed by atoms with Crippen LogP contribution >= 0.6 is 0 Å². The van der Waals surface area contributed by atoms with E-state index in [4.69, 9.17) is 4.52 Å². The number of halogens is 3. The van der Waals surface area contributed by atoms with Crippen LogP contribution in [0.5, 0.6) is 5.75 Å². The second kappa shape index (κ2) is 7.35. The maximum absolute atomic E-state index is 12.5. The second-order valence-electron chi connectivity index (χ2n) is 8.23. The Kier molecular flexibility index (Phi) is 5.06. The number of alkyl halides is 3. The summed E-state index contributed by atoms with van der Waals surface area (Å²) in [6.45, 7) is 4.86. The van der Waals surface area contributed by atoms with Crippen LogP contribution in [-0.4, -0.2) is 46.6 Å². The van der Waals surface area contributed by atoms with Crippen LogP contribution in [0.15, 0.2) is 53.1 Å². The average Bonchev–Trinajstić information content (AvgIpc) is 3.12. The highest BCUT2D eigenvalue weighted by molar-refractivity contribution is 5.57. The fraction of sp³-hybridized carbons (Fsp3) is 0.364. The summed E-state index contributed by atoms with van der Waals surface area (Å²) < 4.78 is 46.7. The normalized spacial score (nSPS) is 18.3. The molecule has 0 unspecified atom stereocenters. The number of aliphatic hydroxyl groups is 1. The molecule has 1 atom stereocenters. The topological polar surface area (TPSA) is 71.6 Å². The zero-order chi connectivity index (χ0) is 22.4. The molecule has 9 heteroatoms. The van der Waals surface area contributed by atoms with Crippen LogP contribution in [0, 0.1) is 12.3 Å². The van der Waals surface area contributed by atoms with Gasteiger partial charge in [-0.2, -0.15) is 4.98 Å². The SMILES string of the molecule is Cc1nc(-c2cccc([C@](O)(c3ccc(OC(F)(F)F)cc3)C3(C)CN(C)C3)c2)no1. The van der Waals surface area contributed by atoms with Crippen LogP contribution in [-0.2, 0) is 5.60 Å². The molecule has 1 aliphatic heterocycles. The first-order valence-electron chi connectivity index (χ1n) is 9.69. The lowest BCUT2D eigenvalue weighted by Crippen LogP contribution is -2.63. The second-order valence-corrected chi connectivity index (χ2v) is 8.23. The van der Waals surface area contributed by atoms with Crippen molar-refractivity contribution in [2.24, 2.45) is 5.41 Å². The maximum atomic E-state index is 12.5. The summed E-state index contributed by atoms with van der Waals surface area (Å²) in [5.74, 6) is 0.473. The Bertz CT molecular complexity index is 1080. The summed E-state index contributed by atoms with van der Waals surface area (Å²) in [5, 5.41) is 16.0. The van der Waals surface area contributed by atoms with E-state index in [0.717, 1.165) is 0 Å². The lowest BCUT2D eigenvalue weighted by molar-refractivity contribution is -0.274. The van der Waals surface area contributed by atoms with Gasteiger partial charge in [0.1, 0.15) is 11.4 Å². The molecule has 164 valence electrons. The number of nitrogens with zero attached hydrogens (tertiary/aromatic N) is 3. The maximum Gasteiger partial charge on any atom is 0.573 e. The molecule has 0 spiro atoms. The van der Waals surface area contributed by atoms with Crippen LogP contribution < -0.4 is 4.74 Å². The largest absolute Gasteiger partial charge is 0.573 e. The Morgan fingerprint density at radius 3 is 2.32 bits per heavy atom. The van der Waals surface area contributed by atoms with Crippen molar-refractivity contribution in [3.63, 3.8) is 0 Å². The fourth-order valence-electron chi connectivity index (χ4n) is 4.44. The summed E-state index contributed by atoms with van der Waals surface area (Å²) in [6, 6.07) is 12.5. The summed E-state index contributed by atoms with van der Waals surface area (Å²) in [6.07, 6.45) is -4.78. The molecule has 31 heavy (non-hydrogen) atoms. The summed E-state index contributed by atoms with van der Waals surface area (Å²) in [7, 11) is 1.95. The van der Waals surface area contributed by atoms with Gasteiger partial charge in [-0.15, -0.1) is 13.2 Å². The van der Waals surface area contributed by atoms with Crippen molar-refractivity contribution in [2.75, 3.05) is 20.1 Å². The summed E-state index contributed by atoms with van der Waals surface area (Å²) >= 11 is 0. The van der Waals surface area contributed by atoms with Gasteiger partial charge in [0.2, 0.25) is 11.7 Å². The molecular weight excluding hydrogens is 411 g/mol. The van der Waals surface area contributed by atoms with Gasteiger partial charge < -0.3 is 19.3 Å². The quantitative estimate of drug-likeness (QED) is 0.653. The molecule has 2 aromatic carbocycles. The number of likely N-dealkylation sites (tertiary alicyclic amines) is 1. The molecule has 0 saturated carbocycles. The zero-order valence-corrected chi connectivity index (χ0v) is 17.3. The van der Waals surface area contributed by atoms with E-state index < -0.39 is 17.4 Å². The lowest BCUT2D eigenvalue weighted by Gasteiger charge is -2.56. The van der Waals surface area contributed by atoms with E-state index in [9.17, 15) is 18.3 Å². The first-order chi connectivity index (χ1) is 14.5. The van der Waals surface area contributed by atoms with Crippen LogP contribution in [0.3, 0.4) is 0 Å². The lowest BCUT2D eigenvalue weighted by atomic mass is 9.62. The van der Waals surface area contributed by atoms with Crippen LogP contribution in [0.4, 0.5) is 13.2 Å². The summed E-state index contributed by atoms with van der Waals surface area (Å²) in [5.41, 5.74) is -0.307. The van der Waals surface area contributed by atoms with E-state index in [2.05, 4.69) is 19.8 Å². The minimum Gasteiger partial charge on any atom is -0.406 e. The number of hydrogen-bond donors (Lipinski definition) is 1. The van der Waals surface area contributed by atoms with E-state index in [1.165, 1.54) is 24.3 Å². The van der Waals surface area contributed by atoms with Crippen molar-refractivity contribution in [2.45, 2.75) is 25.8 Å². The van der Waals surface area contributed by atoms with E-state index in [0.29, 0.717) is 41.5 Å². The standard InChI is InChI=1S/C22H22F3N3O3/c1-14-26-19(27-31-14)15-5-4-6-17(11-15)21(29,20(2)12-28(3)13-20)16-7-9-18(10-8-16)30-22(23,24)25/h4-11,29H,12-13H2,1-3H3/t21-/m1/s1. The molecular formula is C22H22F3N3O3. The van der Waals surface area contributed by atoms with Gasteiger partial charge in [-0.3, -0.25) is 0 Å². The molecule has 1 aliphatic rings. The molecule has 0 radical (unpaired) electrons. The van der Waals surface area contributed by atoms with Gasteiger partial charge in [0.25, 0.3) is 0 Å². The van der Waals surface area contributed by atoms with Crippen LogP contribution in [0.25, 0.3) is 11.4 Å². The van der Waals surface area contributed by atoms with E-state index in [-0.39, 0.29) is 5.75 Å². The van der Waals surface area contributed by atoms with Gasteiger partial charge >= 0.3 is 6.36 Å². The van der Waals surface area contributed by atoms with Gasteiger partial charge in [-0.1, -0.05) is 42.4 Å². The van der Waals surface area contributed by atoms with Gasteiger partial charge in [-0.25, -0.2) is 0 Å². The van der Waals surface area contributed by atoms with Crippen molar-refractivity contribution in [3.05, 3.63) is 65.5 Å². The highest BCUT2D eigenvalue weighted by Crippen LogP contribution is 2.50. The van der Waals surface area contributed by atoms with Crippen molar-refractivity contribution >= 4 is 0 Å². The smallest absolute Gasteiger partial charge is 0.406 e. The molecule has 3 aromatic rings. The van der Waals surface area contributed by atoms with E-state index >= 15 is 0 Å². The fourth-order valence-corrected chi connectivity index (χ4v) is 4.44. The van der Waals surface area contributed by atoms with Crippen molar-refractivity contribution < 1.29 is 27.5 Å². The highest BCUT2D eigenvalue weighted by Gasteiger charge is 2.55. The van der Waals surface area contributed by atoms with Crippen LogP contribution in [0.2, 0.25) is 0 Å². The number of ether oxygens (including phenoxy) is 1.